The van der Waals surface area contributed by atoms with E-state index in [0.717, 1.165) is 23.3 Å². The van der Waals surface area contributed by atoms with Crippen molar-refractivity contribution in [2.75, 3.05) is 26.2 Å². The summed E-state index contributed by atoms with van der Waals surface area (Å²) in [5.74, 6) is 1.04. The van der Waals surface area contributed by atoms with Crippen molar-refractivity contribution in [2.24, 2.45) is 5.92 Å². The highest BCUT2D eigenvalue weighted by molar-refractivity contribution is 7.10. The highest BCUT2D eigenvalue weighted by atomic mass is 32.1. The van der Waals surface area contributed by atoms with Crippen LogP contribution in [0.5, 0.6) is 5.75 Å². The van der Waals surface area contributed by atoms with E-state index >= 15 is 0 Å². The van der Waals surface area contributed by atoms with E-state index < -0.39 is 0 Å². The smallest absolute Gasteiger partial charge is 0.318 e. The van der Waals surface area contributed by atoms with E-state index in [9.17, 15) is 9.59 Å². The number of amides is 3. The molecule has 0 spiro atoms. The molecule has 1 N–H and O–H groups in total. The summed E-state index contributed by atoms with van der Waals surface area (Å²) in [4.78, 5) is 31.3. The summed E-state index contributed by atoms with van der Waals surface area (Å²) in [6.45, 7) is 13.6. The Morgan fingerprint density at radius 1 is 1.24 bits per heavy atom. The zero-order valence-electron chi connectivity index (χ0n) is 20.7. The molecule has 1 aliphatic rings. The van der Waals surface area contributed by atoms with Gasteiger partial charge in [-0.3, -0.25) is 4.79 Å². The summed E-state index contributed by atoms with van der Waals surface area (Å²) in [6, 6.07) is 9.65. The maximum absolute atomic E-state index is 13.5. The average Bonchev–Trinajstić information content (AvgIpc) is 3.20. The quantitative estimate of drug-likeness (QED) is 0.616. The van der Waals surface area contributed by atoms with Gasteiger partial charge in [0.15, 0.2) is 0 Å². The number of hydrogen-bond donors (Lipinski definition) is 1. The molecule has 7 heteroatoms. The Balaban J connectivity index is 1.78. The topological polar surface area (TPSA) is 61.9 Å². The first-order chi connectivity index (χ1) is 15.5. The second-order valence-corrected chi connectivity index (χ2v) is 11.2. The minimum Gasteiger partial charge on any atom is -0.491 e. The second kappa shape index (κ2) is 10.6. The Hall–Kier alpha value is -2.54. The molecule has 180 valence electrons. The predicted molar refractivity (Wildman–Crippen MR) is 134 cm³/mol. The van der Waals surface area contributed by atoms with E-state index in [1.54, 1.807) is 16.2 Å². The molecule has 1 atom stereocenters. The fourth-order valence-corrected chi connectivity index (χ4v) is 5.00. The molecule has 33 heavy (non-hydrogen) atoms. The molecular weight excluding hydrogens is 434 g/mol. The van der Waals surface area contributed by atoms with Crippen molar-refractivity contribution in [3.63, 3.8) is 0 Å². The van der Waals surface area contributed by atoms with Crippen LogP contribution in [0.3, 0.4) is 0 Å². The van der Waals surface area contributed by atoms with Gasteiger partial charge in [-0.25, -0.2) is 4.79 Å². The fourth-order valence-electron chi connectivity index (χ4n) is 4.08. The highest BCUT2D eigenvalue weighted by Crippen LogP contribution is 2.34. The van der Waals surface area contributed by atoms with Gasteiger partial charge in [0.2, 0.25) is 5.91 Å². The molecule has 0 saturated carbocycles. The van der Waals surface area contributed by atoms with E-state index in [4.69, 9.17) is 4.74 Å². The molecule has 2 aromatic rings. The van der Waals surface area contributed by atoms with Gasteiger partial charge in [0.25, 0.3) is 0 Å². The van der Waals surface area contributed by atoms with E-state index in [1.807, 2.05) is 56.9 Å². The first-order valence-corrected chi connectivity index (χ1v) is 12.5. The molecule has 1 aromatic carbocycles. The molecule has 3 amide bonds. The van der Waals surface area contributed by atoms with Crippen LogP contribution in [-0.2, 0) is 11.2 Å². The molecule has 0 fully saturated rings. The van der Waals surface area contributed by atoms with Gasteiger partial charge in [-0.05, 0) is 68.7 Å². The highest BCUT2D eigenvalue weighted by Gasteiger charge is 2.34. The van der Waals surface area contributed by atoms with Gasteiger partial charge in [-0.2, -0.15) is 0 Å². The van der Waals surface area contributed by atoms with Crippen molar-refractivity contribution >= 4 is 23.3 Å². The Bertz CT molecular complexity index is 964. The van der Waals surface area contributed by atoms with Gasteiger partial charge in [0.1, 0.15) is 18.9 Å². The zero-order chi connectivity index (χ0) is 24.2. The molecule has 1 aliphatic heterocycles. The van der Waals surface area contributed by atoms with Crippen LogP contribution in [0, 0.1) is 12.8 Å². The number of para-hydroxylation sites is 1. The van der Waals surface area contributed by atoms with Crippen molar-refractivity contribution < 1.29 is 14.3 Å². The van der Waals surface area contributed by atoms with Gasteiger partial charge < -0.3 is 19.9 Å². The summed E-state index contributed by atoms with van der Waals surface area (Å²) >= 11 is 1.73. The molecule has 6 nitrogen and oxygen atoms in total. The lowest BCUT2D eigenvalue weighted by molar-refractivity contribution is -0.135. The van der Waals surface area contributed by atoms with Gasteiger partial charge in [0, 0.05) is 23.5 Å². The van der Waals surface area contributed by atoms with E-state index in [0.29, 0.717) is 19.7 Å². The Morgan fingerprint density at radius 3 is 2.64 bits per heavy atom. The number of thiophene rings is 1. The summed E-state index contributed by atoms with van der Waals surface area (Å²) in [5, 5.41) is 5.09. The van der Waals surface area contributed by atoms with Crippen LogP contribution < -0.4 is 10.1 Å². The van der Waals surface area contributed by atoms with Gasteiger partial charge in [0.05, 0.1) is 6.04 Å². The summed E-state index contributed by atoms with van der Waals surface area (Å²) < 4.78 is 6.18. The minimum atomic E-state index is -0.365. The monoisotopic (exact) mass is 471 g/mol. The minimum absolute atomic E-state index is 0.0463. The number of nitrogens with one attached hydrogen (secondary N) is 1. The van der Waals surface area contributed by atoms with E-state index in [1.165, 1.54) is 4.88 Å². The molecule has 0 saturated heterocycles. The van der Waals surface area contributed by atoms with Gasteiger partial charge in [-0.1, -0.05) is 32.0 Å². The third-order valence-corrected chi connectivity index (χ3v) is 6.58. The van der Waals surface area contributed by atoms with Crippen LogP contribution in [0.4, 0.5) is 4.79 Å². The zero-order valence-corrected chi connectivity index (χ0v) is 21.5. The predicted octanol–water partition coefficient (Wildman–Crippen LogP) is 5.03. The number of carbonyl (C=O) groups is 2. The Morgan fingerprint density at radius 2 is 1.97 bits per heavy atom. The standard InChI is InChI=1S/C26H37N3O3S/c1-18(2)15-28(25(31)27-26(4,5)6)16-24(30)29-13-11-23-20(12-14-33-23)21(29)17-32-22-10-8-7-9-19(22)3/h7-10,12,14,18,21H,11,13,15-17H2,1-6H3,(H,27,31). The van der Waals surface area contributed by atoms with E-state index in [2.05, 4.69) is 30.6 Å². The Kier molecular flexibility index (Phi) is 8.05. The largest absolute Gasteiger partial charge is 0.491 e. The second-order valence-electron chi connectivity index (χ2n) is 10.2. The number of fused-ring (bicyclic) bond motifs is 1. The molecule has 2 heterocycles. The molecular formula is C26H37N3O3S. The van der Waals surface area contributed by atoms with Crippen molar-refractivity contribution in [2.45, 2.75) is 59.5 Å². The number of benzene rings is 1. The maximum Gasteiger partial charge on any atom is 0.318 e. The molecule has 0 bridgehead atoms. The third-order valence-electron chi connectivity index (χ3n) is 5.59. The van der Waals surface area contributed by atoms with Crippen LogP contribution in [0.25, 0.3) is 0 Å². The van der Waals surface area contributed by atoms with Crippen LogP contribution in [0.15, 0.2) is 35.7 Å². The lowest BCUT2D eigenvalue weighted by Gasteiger charge is -2.37. The summed E-state index contributed by atoms with van der Waals surface area (Å²) in [5.41, 5.74) is 1.86. The number of ether oxygens (including phenoxy) is 1. The van der Waals surface area contributed by atoms with Crippen LogP contribution in [0.1, 0.15) is 56.7 Å². The van der Waals surface area contributed by atoms with Crippen LogP contribution >= 0.6 is 11.3 Å². The van der Waals surface area contributed by atoms with Crippen molar-refractivity contribution in [3.05, 3.63) is 51.7 Å². The number of rotatable bonds is 7. The summed E-state index contributed by atoms with van der Waals surface area (Å²) in [7, 11) is 0. The molecule has 0 radical (unpaired) electrons. The van der Waals surface area contributed by atoms with Crippen LogP contribution in [0.2, 0.25) is 0 Å². The average molecular weight is 472 g/mol. The number of nitrogens with zero attached hydrogens (tertiary/aromatic N) is 2. The van der Waals surface area contributed by atoms with E-state index in [-0.39, 0.29) is 36.0 Å². The molecule has 1 unspecified atom stereocenters. The number of hydrogen-bond acceptors (Lipinski definition) is 4. The molecule has 3 rings (SSSR count). The van der Waals surface area contributed by atoms with Crippen molar-refractivity contribution in [3.8, 4) is 5.75 Å². The van der Waals surface area contributed by atoms with Gasteiger partial charge in [-0.15, -0.1) is 11.3 Å². The van der Waals surface area contributed by atoms with Gasteiger partial charge >= 0.3 is 6.03 Å². The maximum atomic E-state index is 13.5. The fraction of sp³-hybridized carbons (Fsp3) is 0.538. The normalized spacial score (nSPS) is 15.8. The molecule has 1 aromatic heterocycles. The van der Waals surface area contributed by atoms with Crippen LogP contribution in [-0.4, -0.2) is 53.5 Å². The Labute approximate surface area is 201 Å². The first-order valence-electron chi connectivity index (χ1n) is 11.7. The first kappa shape index (κ1) is 25.1. The van der Waals surface area contributed by atoms with Crippen molar-refractivity contribution in [1.82, 2.24) is 15.1 Å². The van der Waals surface area contributed by atoms with Crippen molar-refractivity contribution in [1.29, 1.82) is 0 Å². The third kappa shape index (κ3) is 6.73. The lowest BCUT2D eigenvalue weighted by atomic mass is 10.00. The SMILES string of the molecule is Cc1ccccc1OCC1c2ccsc2CCN1C(=O)CN(CC(C)C)C(=O)NC(C)(C)C. The number of urea groups is 1. The molecule has 0 aliphatic carbocycles. The lowest BCUT2D eigenvalue weighted by Crippen LogP contribution is -2.53. The number of carbonyl (C=O) groups excluding carboxylic acids is 2. The summed E-state index contributed by atoms with van der Waals surface area (Å²) in [6.07, 6.45) is 0.831. The number of aryl methyl sites for hydroxylation is 1.